The summed E-state index contributed by atoms with van der Waals surface area (Å²) < 4.78 is 13.7. The summed E-state index contributed by atoms with van der Waals surface area (Å²) in [6.45, 7) is 1.52. The summed E-state index contributed by atoms with van der Waals surface area (Å²) >= 11 is 0. The van der Waals surface area contributed by atoms with E-state index in [-0.39, 0.29) is 5.56 Å². The smallest absolute Gasteiger partial charge is 0.335 e. The number of carboxylic acid groups (broad SMARTS) is 1. The van der Waals surface area contributed by atoms with E-state index in [4.69, 9.17) is 5.11 Å². The number of aromatic carboxylic acids is 1. The van der Waals surface area contributed by atoms with E-state index in [1.165, 1.54) is 25.3 Å². The van der Waals surface area contributed by atoms with Crippen LogP contribution >= 0.6 is 0 Å². The van der Waals surface area contributed by atoms with Gasteiger partial charge in [0.05, 0.1) is 5.56 Å². The zero-order valence-electron chi connectivity index (χ0n) is 10.5. The molecule has 1 aromatic carbocycles. The van der Waals surface area contributed by atoms with Gasteiger partial charge in [-0.1, -0.05) is 12.5 Å². The third-order valence-corrected chi connectivity index (χ3v) is 3.53. The topological polar surface area (TPSA) is 40.5 Å². The van der Waals surface area contributed by atoms with Crippen LogP contribution in [0, 0.1) is 11.7 Å². The Labute approximate surface area is 106 Å². The van der Waals surface area contributed by atoms with Crippen LogP contribution in [-0.2, 0) is 6.54 Å². The number of hydrogen-bond acceptors (Lipinski definition) is 2. The number of nitrogens with zero attached hydrogens (tertiary/aromatic N) is 1. The molecular weight excluding hydrogens is 233 g/mol. The van der Waals surface area contributed by atoms with Crippen molar-refractivity contribution in [3.8, 4) is 0 Å². The zero-order valence-corrected chi connectivity index (χ0v) is 10.5. The molecule has 1 saturated carbocycles. The van der Waals surface area contributed by atoms with Crippen LogP contribution in [-0.4, -0.2) is 29.6 Å². The fourth-order valence-corrected chi connectivity index (χ4v) is 2.28. The second kappa shape index (κ2) is 5.48. The third-order valence-electron chi connectivity index (χ3n) is 3.53. The molecule has 0 heterocycles. The van der Waals surface area contributed by atoms with Crippen molar-refractivity contribution in [2.45, 2.75) is 25.8 Å². The van der Waals surface area contributed by atoms with E-state index in [1.54, 1.807) is 6.07 Å². The highest BCUT2D eigenvalue weighted by molar-refractivity contribution is 5.87. The standard InChI is InChI=1S/C14H18FNO2/c1-16(8-10-3-2-4-10)9-12-6-5-11(14(17)18)7-13(12)15/h5-7,10H,2-4,8-9H2,1H3,(H,17,18). The molecule has 0 spiro atoms. The summed E-state index contributed by atoms with van der Waals surface area (Å²) in [7, 11) is 1.98. The molecule has 3 nitrogen and oxygen atoms in total. The molecule has 1 aliphatic rings. The van der Waals surface area contributed by atoms with E-state index in [0.29, 0.717) is 12.1 Å². The van der Waals surface area contributed by atoms with Crippen LogP contribution in [0.2, 0.25) is 0 Å². The zero-order chi connectivity index (χ0) is 13.1. The molecule has 0 atom stereocenters. The Morgan fingerprint density at radius 3 is 2.72 bits per heavy atom. The van der Waals surface area contributed by atoms with Gasteiger partial charge < -0.3 is 10.0 Å². The first-order valence-corrected chi connectivity index (χ1v) is 6.26. The summed E-state index contributed by atoms with van der Waals surface area (Å²) in [6, 6.07) is 4.11. The van der Waals surface area contributed by atoms with Crippen LogP contribution in [0.3, 0.4) is 0 Å². The van der Waals surface area contributed by atoms with Crippen LogP contribution in [0.1, 0.15) is 35.2 Å². The maximum absolute atomic E-state index is 13.7. The lowest BCUT2D eigenvalue weighted by Gasteiger charge is -2.30. The van der Waals surface area contributed by atoms with Crippen molar-refractivity contribution in [3.63, 3.8) is 0 Å². The van der Waals surface area contributed by atoms with Crippen molar-refractivity contribution in [2.24, 2.45) is 5.92 Å². The molecule has 1 fully saturated rings. The quantitative estimate of drug-likeness (QED) is 0.874. The predicted octanol–water partition coefficient (Wildman–Crippen LogP) is 2.76. The summed E-state index contributed by atoms with van der Waals surface area (Å²) in [5.74, 6) is -0.782. The first-order chi connectivity index (χ1) is 8.56. The average molecular weight is 251 g/mol. The first kappa shape index (κ1) is 13.0. The van der Waals surface area contributed by atoms with Crippen molar-refractivity contribution in [3.05, 3.63) is 35.1 Å². The predicted molar refractivity (Wildman–Crippen MR) is 67.0 cm³/mol. The minimum Gasteiger partial charge on any atom is -0.478 e. The molecule has 0 amide bonds. The second-order valence-electron chi connectivity index (χ2n) is 5.11. The van der Waals surface area contributed by atoms with Gasteiger partial charge in [0.15, 0.2) is 0 Å². The van der Waals surface area contributed by atoms with Crippen molar-refractivity contribution in [1.82, 2.24) is 4.90 Å². The minimum atomic E-state index is -1.09. The van der Waals surface area contributed by atoms with Crippen LogP contribution in [0.4, 0.5) is 4.39 Å². The molecule has 98 valence electrons. The average Bonchev–Trinajstić information content (AvgIpc) is 2.26. The van der Waals surface area contributed by atoms with E-state index in [2.05, 4.69) is 4.90 Å². The van der Waals surface area contributed by atoms with E-state index >= 15 is 0 Å². The van der Waals surface area contributed by atoms with Crippen molar-refractivity contribution >= 4 is 5.97 Å². The summed E-state index contributed by atoms with van der Waals surface area (Å²) in [5, 5.41) is 8.76. The lowest BCUT2D eigenvalue weighted by atomic mass is 9.85. The molecule has 0 bridgehead atoms. The van der Waals surface area contributed by atoms with E-state index in [1.807, 2.05) is 7.05 Å². The maximum Gasteiger partial charge on any atom is 0.335 e. The van der Waals surface area contributed by atoms with Gasteiger partial charge in [0.2, 0.25) is 0 Å². The molecule has 2 rings (SSSR count). The SMILES string of the molecule is CN(Cc1ccc(C(=O)O)cc1F)CC1CCC1. The third kappa shape index (κ3) is 3.07. The molecule has 0 aromatic heterocycles. The monoisotopic (exact) mass is 251 g/mol. The molecule has 1 N–H and O–H groups in total. The summed E-state index contributed by atoms with van der Waals surface area (Å²) in [5.41, 5.74) is 0.555. The van der Waals surface area contributed by atoms with Gasteiger partial charge in [-0.3, -0.25) is 0 Å². The largest absolute Gasteiger partial charge is 0.478 e. The fourth-order valence-electron chi connectivity index (χ4n) is 2.28. The number of benzene rings is 1. The van der Waals surface area contributed by atoms with Crippen LogP contribution in [0.25, 0.3) is 0 Å². The Hall–Kier alpha value is -1.42. The van der Waals surface area contributed by atoms with Crippen molar-refractivity contribution < 1.29 is 14.3 Å². The highest BCUT2D eigenvalue weighted by Crippen LogP contribution is 2.27. The Morgan fingerprint density at radius 1 is 1.50 bits per heavy atom. The van der Waals surface area contributed by atoms with Gasteiger partial charge in [0.25, 0.3) is 0 Å². The van der Waals surface area contributed by atoms with Gasteiger partial charge in [0.1, 0.15) is 5.82 Å². The highest BCUT2D eigenvalue weighted by atomic mass is 19.1. The number of halogens is 1. The van der Waals surface area contributed by atoms with Crippen LogP contribution in [0.15, 0.2) is 18.2 Å². The summed E-state index contributed by atoms with van der Waals surface area (Å²) in [4.78, 5) is 12.8. The van der Waals surface area contributed by atoms with Gasteiger partial charge in [-0.25, -0.2) is 9.18 Å². The number of rotatable bonds is 5. The van der Waals surface area contributed by atoms with Gasteiger partial charge >= 0.3 is 5.97 Å². The normalized spacial score (nSPS) is 15.7. The minimum absolute atomic E-state index is 0.00195. The lowest BCUT2D eigenvalue weighted by Crippen LogP contribution is -2.29. The fraction of sp³-hybridized carbons (Fsp3) is 0.500. The number of carboxylic acids is 1. The van der Waals surface area contributed by atoms with Gasteiger partial charge in [-0.15, -0.1) is 0 Å². The van der Waals surface area contributed by atoms with E-state index < -0.39 is 11.8 Å². The van der Waals surface area contributed by atoms with E-state index in [9.17, 15) is 9.18 Å². The Bertz CT molecular complexity index is 443. The van der Waals surface area contributed by atoms with Gasteiger partial charge in [-0.2, -0.15) is 0 Å². The molecule has 1 aliphatic carbocycles. The molecule has 0 aliphatic heterocycles. The second-order valence-corrected chi connectivity index (χ2v) is 5.11. The van der Waals surface area contributed by atoms with Gasteiger partial charge in [-0.05, 0) is 37.9 Å². The van der Waals surface area contributed by atoms with Crippen LogP contribution < -0.4 is 0 Å². The molecule has 18 heavy (non-hydrogen) atoms. The van der Waals surface area contributed by atoms with E-state index in [0.717, 1.165) is 18.5 Å². The van der Waals surface area contributed by atoms with Crippen LogP contribution in [0.5, 0.6) is 0 Å². The Balaban J connectivity index is 1.97. The van der Waals surface area contributed by atoms with Gasteiger partial charge in [0, 0.05) is 18.7 Å². The molecule has 4 heteroatoms. The Morgan fingerprint density at radius 2 is 2.22 bits per heavy atom. The maximum atomic E-state index is 13.7. The number of carbonyl (C=O) groups is 1. The Kier molecular flexibility index (Phi) is 3.97. The molecule has 0 saturated heterocycles. The first-order valence-electron chi connectivity index (χ1n) is 6.26. The molecule has 0 unspecified atom stereocenters. The summed E-state index contributed by atoms with van der Waals surface area (Å²) in [6.07, 6.45) is 3.84. The van der Waals surface area contributed by atoms with Crippen molar-refractivity contribution in [1.29, 1.82) is 0 Å². The highest BCUT2D eigenvalue weighted by Gasteiger charge is 2.19. The number of hydrogen-bond donors (Lipinski definition) is 1. The molecule has 1 aromatic rings. The molecular formula is C14H18FNO2. The molecule has 0 radical (unpaired) electrons. The lowest BCUT2D eigenvalue weighted by molar-refractivity contribution is 0.0696. The van der Waals surface area contributed by atoms with Crippen molar-refractivity contribution in [2.75, 3.05) is 13.6 Å².